The summed E-state index contributed by atoms with van der Waals surface area (Å²) in [6.45, 7) is 3.64. The van der Waals surface area contributed by atoms with Gasteiger partial charge in [-0.1, -0.05) is 19.0 Å². The van der Waals surface area contributed by atoms with Gasteiger partial charge in [0.1, 0.15) is 18.4 Å². The maximum absolute atomic E-state index is 13.7. The Hall–Kier alpha value is -2.96. The average molecular weight is 555 g/mol. The van der Waals surface area contributed by atoms with E-state index in [9.17, 15) is 32.3 Å². The highest BCUT2D eigenvalue weighted by atomic mass is 19.4. The highest BCUT2D eigenvalue weighted by Crippen LogP contribution is 2.55. The molecule has 5 rings (SSSR count). The molecule has 1 aromatic heterocycles. The van der Waals surface area contributed by atoms with E-state index in [0.717, 1.165) is 24.8 Å². The van der Waals surface area contributed by atoms with Crippen LogP contribution in [0.15, 0.2) is 4.52 Å². The van der Waals surface area contributed by atoms with E-state index in [0.29, 0.717) is 44.5 Å². The molecular formula is C26H33F3N4O6. The number of ether oxygens (including phenoxy) is 1. The maximum atomic E-state index is 13.7. The number of rotatable bonds is 8. The minimum Gasteiger partial charge on any atom is -0.360 e. The fourth-order valence-electron chi connectivity index (χ4n) is 6.03. The zero-order valence-electron chi connectivity index (χ0n) is 22.0. The third-order valence-electron chi connectivity index (χ3n) is 8.55. The lowest BCUT2D eigenvalue weighted by atomic mass is 9.76. The lowest BCUT2D eigenvalue weighted by Gasteiger charge is -2.29. The van der Waals surface area contributed by atoms with Crippen LogP contribution in [0.4, 0.5) is 13.2 Å². The summed E-state index contributed by atoms with van der Waals surface area (Å²) in [4.78, 5) is 53.6. The molecule has 2 aliphatic heterocycles. The van der Waals surface area contributed by atoms with E-state index in [1.807, 2.05) is 0 Å². The van der Waals surface area contributed by atoms with Gasteiger partial charge in [-0.15, -0.1) is 13.2 Å². The average Bonchev–Trinajstić information content (AvgIpc) is 3.14. The standard InChI is InChI=1S/C26H33F3N4O6/c1-24(2)5-3-19-15(10-24)20(32-39-19)23(37)33-13-25(6-7-25)11-17(33)22(36)31-16(9-14-4-8-30-21(14)35)18(34)12-38-26(27,28)29/h14,16-17H,3-13H2,1-2H3,(H,30,35)(H,31,36)/t14-,16?,17-/m0/s1. The highest BCUT2D eigenvalue weighted by molar-refractivity contribution is 5.99. The summed E-state index contributed by atoms with van der Waals surface area (Å²) in [6, 6.07) is -2.30. The monoisotopic (exact) mass is 554 g/mol. The molecule has 0 aromatic carbocycles. The molecule has 3 amide bonds. The van der Waals surface area contributed by atoms with Crippen molar-refractivity contribution >= 4 is 23.5 Å². The Morgan fingerprint density at radius 3 is 2.64 bits per heavy atom. The molecule has 2 saturated heterocycles. The number of ketones is 1. The summed E-state index contributed by atoms with van der Waals surface area (Å²) in [5, 5.41) is 9.25. The molecule has 1 unspecified atom stereocenters. The second kappa shape index (κ2) is 9.90. The van der Waals surface area contributed by atoms with Crippen molar-refractivity contribution in [3.8, 4) is 0 Å². The van der Waals surface area contributed by atoms with E-state index in [1.165, 1.54) is 4.90 Å². The Bertz CT molecular complexity index is 1170. The van der Waals surface area contributed by atoms with Crippen LogP contribution in [-0.2, 0) is 32.0 Å². The molecule has 0 bridgehead atoms. The van der Waals surface area contributed by atoms with E-state index in [-0.39, 0.29) is 28.9 Å². The maximum Gasteiger partial charge on any atom is 0.522 e. The normalized spacial score (nSPS) is 25.8. The number of likely N-dealkylation sites (tertiary alicyclic amines) is 1. The Balaban J connectivity index is 1.34. The van der Waals surface area contributed by atoms with Crippen LogP contribution in [0, 0.1) is 16.7 Å². The van der Waals surface area contributed by atoms with Crippen LogP contribution in [0.2, 0.25) is 0 Å². The van der Waals surface area contributed by atoms with Crippen LogP contribution in [0.25, 0.3) is 0 Å². The molecule has 0 radical (unpaired) electrons. The minimum atomic E-state index is -5.02. The predicted octanol–water partition coefficient (Wildman–Crippen LogP) is 2.30. The quantitative estimate of drug-likeness (QED) is 0.504. The van der Waals surface area contributed by atoms with Crippen molar-refractivity contribution in [1.29, 1.82) is 0 Å². The van der Waals surface area contributed by atoms with Crippen molar-refractivity contribution in [2.75, 3.05) is 19.7 Å². The molecule has 13 heteroatoms. The van der Waals surface area contributed by atoms with Crippen molar-refractivity contribution in [1.82, 2.24) is 20.7 Å². The number of carbonyl (C=O) groups is 4. The summed E-state index contributed by atoms with van der Waals surface area (Å²) in [6.07, 6.45) is -0.556. The number of amides is 3. The van der Waals surface area contributed by atoms with Gasteiger partial charge in [0.05, 0.1) is 6.04 Å². The van der Waals surface area contributed by atoms with E-state index < -0.39 is 48.6 Å². The number of halogens is 3. The third kappa shape index (κ3) is 5.97. The number of nitrogens with one attached hydrogen (secondary N) is 2. The van der Waals surface area contributed by atoms with Gasteiger partial charge < -0.3 is 20.1 Å². The predicted molar refractivity (Wildman–Crippen MR) is 128 cm³/mol. The smallest absolute Gasteiger partial charge is 0.360 e. The molecule has 4 aliphatic rings. The van der Waals surface area contributed by atoms with Gasteiger partial charge in [0, 0.05) is 31.0 Å². The van der Waals surface area contributed by atoms with Gasteiger partial charge in [-0.3, -0.25) is 23.9 Å². The number of aromatic nitrogens is 1. The SMILES string of the molecule is CC1(C)CCc2onc(C(=O)N3CC4(CC4)C[C@H]3C(=O)NC(C[C@@H]3CCNC3=O)C(=O)COC(F)(F)F)c2C1. The Kier molecular flexibility index (Phi) is 7.01. The number of fused-ring (bicyclic) bond motifs is 1. The second-order valence-electron chi connectivity index (χ2n) is 12.2. The van der Waals surface area contributed by atoms with Crippen molar-refractivity contribution in [3.63, 3.8) is 0 Å². The third-order valence-corrected chi connectivity index (χ3v) is 8.55. The zero-order chi connectivity index (χ0) is 28.2. The summed E-state index contributed by atoms with van der Waals surface area (Å²) >= 11 is 0. The number of hydrogen-bond acceptors (Lipinski definition) is 7. The lowest BCUT2D eigenvalue weighted by Crippen LogP contribution is -2.52. The van der Waals surface area contributed by atoms with Gasteiger partial charge >= 0.3 is 6.36 Å². The number of hydrogen-bond donors (Lipinski definition) is 2. The number of nitrogens with zero attached hydrogens (tertiary/aromatic N) is 2. The molecule has 39 heavy (non-hydrogen) atoms. The zero-order valence-corrected chi connectivity index (χ0v) is 22.0. The molecule has 2 N–H and O–H groups in total. The first-order valence-electron chi connectivity index (χ1n) is 13.4. The summed E-state index contributed by atoms with van der Waals surface area (Å²) in [5.41, 5.74) is 0.690. The lowest BCUT2D eigenvalue weighted by molar-refractivity contribution is -0.321. The molecule has 10 nitrogen and oxygen atoms in total. The number of aryl methyl sites for hydroxylation is 1. The van der Waals surface area contributed by atoms with Gasteiger partial charge in [-0.05, 0) is 55.8 Å². The van der Waals surface area contributed by atoms with Gasteiger partial charge in [-0.2, -0.15) is 0 Å². The number of Topliss-reactive ketones (excluding diaryl/α,β-unsaturated/α-hetero) is 1. The molecule has 1 spiro atoms. The molecule has 3 atom stereocenters. The van der Waals surface area contributed by atoms with Gasteiger partial charge in [-0.25, -0.2) is 0 Å². The van der Waals surface area contributed by atoms with Crippen molar-refractivity contribution in [2.45, 2.75) is 83.7 Å². The highest BCUT2D eigenvalue weighted by Gasteiger charge is 2.56. The number of carbonyl (C=O) groups excluding carboxylic acids is 4. The van der Waals surface area contributed by atoms with E-state index in [2.05, 4.69) is 34.4 Å². The molecule has 3 heterocycles. The topological polar surface area (TPSA) is 131 Å². The van der Waals surface area contributed by atoms with E-state index >= 15 is 0 Å². The van der Waals surface area contributed by atoms with Gasteiger partial charge in [0.15, 0.2) is 11.5 Å². The molecule has 214 valence electrons. The number of alkyl halides is 3. The van der Waals surface area contributed by atoms with Crippen LogP contribution < -0.4 is 10.6 Å². The first-order valence-corrected chi connectivity index (χ1v) is 13.4. The van der Waals surface area contributed by atoms with Crippen molar-refractivity contribution < 1.29 is 41.6 Å². The second-order valence-corrected chi connectivity index (χ2v) is 12.2. The molecule has 1 saturated carbocycles. The fourth-order valence-corrected chi connectivity index (χ4v) is 6.03. The molecular weight excluding hydrogens is 521 g/mol. The van der Waals surface area contributed by atoms with Gasteiger partial charge in [0.25, 0.3) is 5.91 Å². The van der Waals surface area contributed by atoms with Crippen LogP contribution in [0.1, 0.15) is 74.2 Å². The Morgan fingerprint density at radius 1 is 1.26 bits per heavy atom. The first kappa shape index (κ1) is 27.6. The van der Waals surface area contributed by atoms with E-state index in [1.54, 1.807) is 0 Å². The minimum absolute atomic E-state index is 0.0360. The fraction of sp³-hybridized carbons (Fsp3) is 0.731. The Labute approximate surface area is 223 Å². The van der Waals surface area contributed by atoms with Gasteiger partial charge in [0.2, 0.25) is 11.8 Å². The van der Waals surface area contributed by atoms with E-state index in [4.69, 9.17) is 4.52 Å². The van der Waals surface area contributed by atoms with Crippen molar-refractivity contribution in [2.24, 2.45) is 16.7 Å². The van der Waals surface area contributed by atoms with Crippen LogP contribution >= 0.6 is 0 Å². The van der Waals surface area contributed by atoms with Crippen molar-refractivity contribution in [3.05, 3.63) is 17.0 Å². The Morgan fingerprint density at radius 2 is 2.00 bits per heavy atom. The summed E-state index contributed by atoms with van der Waals surface area (Å²) < 4.78 is 47.0. The largest absolute Gasteiger partial charge is 0.522 e. The summed E-state index contributed by atoms with van der Waals surface area (Å²) in [5.74, 6) is -2.36. The first-order chi connectivity index (χ1) is 18.3. The van der Waals surface area contributed by atoms with Crippen LogP contribution in [0.5, 0.6) is 0 Å². The van der Waals surface area contributed by atoms with Crippen LogP contribution in [-0.4, -0.2) is 71.7 Å². The molecule has 3 fully saturated rings. The van der Waals surface area contributed by atoms with Crippen LogP contribution in [0.3, 0.4) is 0 Å². The molecule has 2 aliphatic carbocycles. The molecule has 1 aromatic rings. The summed E-state index contributed by atoms with van der Waals surface area (Å²) in [7, 11) is 0.